The molecule has 0 fully saturated rings. The standard InChI is InChI=1S/C12H8BrF2N3O/c13-6-4-7(11(16)17-5-6)12(19)18-9-3-1-2-8(14)10(9)15/h1-5H,(H2,16,17)(H,18,19). The number of anilines is 2. The summed E-state index contributed by atoms with van der Waals surface area (Å²) < 4.78 is 27.0. The number of nitrogens with two attached hydrogens (primary N) is 1. The van der Waals surface area contributed by atoms with Crippen LogP contribution in [0.3, 0.4) is 0 Å². The molecule has 19 heavy (non-hydrogen) atoms. The third-order valence-corrected chi connectivity index (χ3v) is 2.76. The zero-order chi connectivity index (χ0) is 14.0. The van der Waals surface area contributed by atoms with Crippen LogP contribution in [0, 0.1) is 11.6 Å². The summed E-state index contributed by atoms with van der Waals surface area (Å²) in [6.45, 7) is 0. The highest BCUT2D eigenvalue weighted by Gasteiger charge is 2.15. The lowest BCUT2D eigenvalue weighted by Gasteiger charge is -2.08. The average Bonchev–Trinajstić information content (AvgIpc) is 2.38. The summed E-state index contributed by atoms with van der Waals surface area (Å²) in [4.78, 5) is 15.7. The van der Waals surface area contributed by atoms with Crippen LogP contribution in [-0.2, 0) is 0 Å². The first-order valence-electron chi connectivity index (χ1n) is 5.15. The Morgan fingerprint density at radius 2 is 2.11 bits per heavy atom. The maximum Gasteiger partial charge on any atom is 0.259 e. The number of nitrogen functional groups attached to an aromatic ring is 1. The van der Waals surface area contributed by atoms with Crippen molar-refractivity contribution >= 4 is 33.3 Å². The van der Waals surface area contributed by atoms with Crippen LogP contribution in [0.1, 0.15) is 10.4 Å². The zero-order valence-electron chi connectivity index (χ0n) is 9.45. The predicted octanol–water partition coefficient (Wildman–Crippen LogP) is 2.96. The maximum atomic E-state index is 13.4. The fraction of sp³-hybridized carbons (Fsp3) is 0. The number of hydrogen-bond donors (Lipinski definition) is 2. The molecule has 0 aliphatic rings. The molecule has 98 valence electrons. The van der Waals surface area contributed by atoms with Crippen molar-refractivity contribution in [2.24, 2.45) is 0 Å². The van der Waals surface area contributed by atoms with Crippen molar-refractivity contribution in [3.05, 3.63) is 52.1 Å². The van der Waals surface area contributed by atoms with Crippen molar-refractivity contribution in [2.75, 3.05) is 11.1 Å². The summed E-state index contributed by atoms with van der Waals surface area (Å²) in [6, 6.07) is 4.93. The minimum atomic E-state index is -1.13. The first-order chi connectivity index (χ1) is 8.99. The molecule has 1 amide bonds. The highest BCUT2D eigenvalue weighted by molar-refractivity contribution is 9.10. The number of nitrogens with zero attached hydrogens (tertiary/aromatic N) is 1. The first-order valence-corrected chi connectivity index (χ1v) is 5.94. The second kappa shape index (κ2) is 5.31. The Kier molecular flexibility index (Phi) is 3.75. The fourth-order valence-corrected chi connectivity index (χ4v) is 1.75. The van der Waals surface area contributed by atoms with Gasteiger partial charge in [-0.15, -0.1) is 0 Å². The monoisotopic (exact) mass is 327 g/mol. The second-order valence-corrected chi connectivity index (χ2v) is 4.56. The van der Waals surface area contributed by atoms with Gasteiger partial charge in [-0.3, -0.25) is 4.79 Å². The van der Waals surface area contributed by atoms with Crippen molar-refractivity contribution in [3.8, 4) is 0 Å². The smallest absolute Gasteiger partial charge is 0.259 e. The van der Waals surface area contributed by atoms with E-state index in [1.54, 1.807) is 0 Å². The number of benzene rings is 1. The number of rotatable bonds is 2. The summed E-state index contributed by atoms with van der Waals surface area (Å²) in [5.74, 6) is -2.84. The van der Waals surface area contributed by atoms with Crippen LogP contribution in [0.4, 0.5) is 20.3 Å². The van der Waals surface area contributed by atoms with Gasteiger partial charge in [0.15, 0.2) is 11.6 Å². The van der Waals surface area contributed by atoms with E-state index in [-0.39, 0.29) is 17.1 Å². The number of pyridine rings is 1. The predicted molar refractivity (Wildman–Crippen MR) is 70.7 cm³/mol. The number of nitrogens with one attached hydrogen (secondary N) is 1. The van der Waals surface area contributed by atoms with Crippen LogP contribution in [0.15, 0.2) is 34.9 Å². The highest BCUT2D eigenvalue weighted by Crippen LogP contribution is 2.20. The Bertz CT molecular complexity index is 649. The average molecular weight is 328 g/mol. The van der Waals surface area contributed by atoms with Gasteiger partial charge in [0.25, 0.3) is 5.91 Å². The molecule has 4 nitrogen and oxygen atoms in total. The molecule has 2 aromatic rings. The molecule has 0 atom stereocenters. The van der Waals surface area contributed by atoms with Crippen LogP contribution in [-0.4, -0.2) is 10.9 Å². The Balaban J connectivity index is 2.31. The van der Waals surface area contributed by atoms with E-state index in [0.717, 1.165) is 6.07 Å². The van der Waals surface area contributed by atoms with E-state index >= 15 is 0 Å². The Hall–Kier alpha value is -2.02. The number of halogens is 3. The van der Waals surface area contributed by atoms with E-state index in [1.165, 1.54) is 24.4 Å². The van der Waals surface area contributed by atoms with Crippen LogP contribution < -0.4 is 11.1 Å². The number of carbonyl (C=O) groups excluding carboxylic acids is 1. The third kappa shape index (κ3) is 2.87. The van der Waals surface area contributed by atoms with Crippen LogP contribution in [0.5, 0.6) is 0 Å². The largest absolute Gasteiger partial charge is 0.383 e. The van der Waals surface area contributed by atoms with Crippen molar-refractivity contribution in [1.82, 2.24) is 4.98 Å². The van der Waals surface area contributed by atoms with Crippen molar-refractivity contribution in [2.45, 2.75) is 0 Å². The molecule has 2 rings (SSSR count). The minimum Gasteiger partial charge on any atom is -0.383 e. The zero-order valence-corrected chi connectivity index (χ0v) is 11.0. The lowest BCUT2D eigenvalue weighted by atomic mass is 10.2. The van der Waals surface area contributed by atoms with E-state index in [1.807, 2.05) is 0 Å². The van der Waals surface area contributed by atoms with Crippen molar-refractivity contribution < 1.29 is 13.6 Å². The molecule has 1 aromatic heterocycles. The number of amides is 1. The minimum absolute atomic E-state index is 0.00230. The number of carbonyl (C=O) groups is 1. The van der Waals surface area contributed by atoms with Gasteiger partial charge >= 0.3 is 0 Å². The molecule has 0 saturated carbocycles. The lowest BCUT2D eigenvalue weighted by molar-refractivity contribution is 0.102. The molecule has 0 unspecified atom stereocenters. The van der Waals surface area contributed by atoms with E-state index in [2.05, 4.69) is 26.2 Å². The molecule has 0 aliphatic heterocycles. The third-order valence-electron chi connectivity index (χ3n) is 2.33. The maximum absolute atomic E-state index is 13.4. The van der Waals surface area contributed by atoms with Gasteiger partial charge < -0.3 is 11.1 Å². The van der Waals surface area contributed by atoms with Gasteiger partial charge in [-0.05, 0) is 34.1 Å². The summed E-state index contributed by atoms with van der Waals surface area (Å²) in [5, 5.41) is 2.24. The molecular weight excluding hydrogens is 320 g/mol. The summed E-state index contributed by atoms with van der Waals surface area (Å²) in [7, 11) is 0. The van der Waals surface area contributed by atoms with Gasteiger partial charge in [0.1, 0.15) is 5.82 Å². The van der Waals surface area contributed by atoms with E-state index in [9.17, 15) is 13.6 Å². The van der Waals surface area contributed by atoms with E-state index in [4.69, 9.17) is 5.73 Å². The number of hydrogen-bond acceptors (Lipinski definition) is 3. The molecule has 7 heteroatoms. The lowest BCUT2D eigenvalue weighted by Crippen LogP contribution is -2.16. The number of aromatic nitrogens is 1. The molecule has 3 N–H and O–H groups in total. The molecule has 0 bridgehead atoms. The molecule has 1 aromatic carbocycles. The van der Waals surface area contributed by atoms with Gasteiger partial charge in [-0.2, -0.15) is 0 Å². The van der Waals surface area contributed by atoms with Gasteiger partial charge in [-0.25, -0.2) is 13.8 Å². The summed E-state index contributed by atoms with van der Waals surface area (Å²) in [6.07, 6.45) is 1.43. The highest BCUT2D eigenvalue weighted by atomic mass is 79.9. The van der Waals surface area contributed by atoms with Crippen LogP contribution >= 0.6 is 15.9 Å². The van der Waals surface area contributed by atoms with Crippen LogP contribution in [0.25, 0.3) is 0 Å². The SMILES string of the molecule is Nc1ncc(Br)cc1C(=O)Nc1cccc(F)c1F. The van der Waals surface area contributed by atoms with Gasteiger partial charge in [0, 0.05) is 10.7 Å². The normalized spacial score (nSPS) is 10.3. The molecule has 0 aliphatic carbocycles. The summed E-state index contributed by atoms with van der Waals surface area (Å²) in [5.41, 5.74) is 5.36. The van der Waals surface area contributed by atoms with Gasteiger partial charge in [0.05, 0.1) is 11.3 Å². The molecular formula is C12H8BrF2N3O. The van der Waals surface area contributed by atoms with Crippen molar-refractivity contribution in [3.63, 3.8) is 0 Å². The first kappa shape index (κ1) is 13.4. The van der Waals surface area contributed by atoms with Crippen molar-refractivity contribution in [1.29, 1.82) is 0 Å². The second-order valence-electron chi connectivity index (χ2n) is 3.64. The topological polar surface area (TPSA) is 68.0 Å². The Labute approximate surface area is 115 Å². The molecule has 0 saturated heterocycles. The van der Waals surface area contributed by atoms with Gasteiger partial charge in [0.2, 0.25) is 0 Å². The summed E-state index contributed by atoms with van der Waals surface area (Å²) >= 11 is 3.14. The quantitative estimate of drug-likeness (QED) is 0.891. The molecule has 0 spiro atoms. The fourth-order valence-electron chi connectivity index (χ4n) is 1.42. The van der Waals surface area contributed by atoms with E-state index < -0.39 is 17.5 Å². The molecule has 0 radical (unpaired) electrons. The molecule has 1 heterocycles. The Morgan fingerprint density at radius 3 is 2.84 bits per heavy atom. The van der Waals surface area contributed by atoms with E-state index in [0.29, 0.717) is 4.47 Å². The Morgan fingerprint density at radius 1 is 1.37 bits per heavy atom. The van der Waals surface area contributed by atoms with Crippen LogP contribution in [0.2, 0.25) is 0 Å². The van der Waals surface area contributed by atoms with Gasteiger partial charge in [-0.1, -0.05) is 6.07 Å².